The Morgan fingerprint density at radius 1 is 1.22 bits per heavy atom. The minimum absolute atomic E-state index is 0.113. The van der Waals surface area contributed by atoms with E-state index in [-0.39, 0.29) is 11.9 Å². The van der Waals surface area contributed by atoms with Gasteiger partial charge in [0, 0.05) is 68.6 Å². The van der Waals surface area contributed by atoms with Crippen LogP contribution in [0.15, 0.2) is 47.0 Å². The van der Waals surface area contributed by atoms with Crippen molar-refractivity contribution >= 4 is 34.8 Å². The van der Waals surface area contributed by atoms with Gasteiger partial charge in [0.15, 0.2) is 0 Å². The number of fused-ring (bicyclic) bond motifs is 2. The van der Waals surface area contributed by atoms with Crippen LogP contribution in [0.1, 0.15) is 22.5 Å². The van der Waals surface area contributed by atoms with Gasteiger partial charge >= 0.3 is 6.03 Å². The van der Waals surface area contributed by atoms with Crippen LogP contribution in [0.3, 0.4) is 0 Å². The molecule has 0 radical (unpaired) electrons. The predicted molar refractivity (Wildman–Crippen MR) is 137 cm³/mol. The van der Waals surface area contributed by atoms with Crippen LogP contribution >= 0.6 is 0 Å². The van der Waals surface area contributed by atoms with E-state index in [1.165, 1.54) is 0 Å². The maximum atomic E-state index is 12.8. The minimum atomic E-state index is -0.134. The number of aryl methyl sites for hydroxylation is 1. The number of hydrogen-bond acceptors (Lipinski definition) is 6. The fourth-order valence-corrected chi connectivity index (χ4v) is 4.61. The fourth-order valence-electron chi connectivity index (χ4n) is 4.61. The smallest absolute Gasteiger partial charge is 0.323 e. The minimum Gasteiger partial charge on any atom is -0.461 e. The van der Waals surface area contributed by atoms with Gasteiger partial charge in [0.1, 0.15) is 17.2 Å². The molecule has 3 amide bonds. The molecular weight excluding hydrogens is 458 g/mol. The van der Waals surface area contributed by atoms with Gasteiger partial charge in [0.2, 0.25) is 5.91 Å². The summed E-state index contributed by atoms with van der Waals surface area (Å²) in [6, 6.07) is 9.69. The molecule has 1 aromatic carbocycles. The first kappa shape index (κ1) is 24.0. The van der Waals surface area contributed by atoms with Crippen molar-refractivity contribution in [3.05, 3.63) is 65.1 Å². The van der Waals surface area contributed by atoms with Crippen molar-refractivity contribution in [2.45, 2.75) is 20.0 Å². The summed E-state index contributed by atoms with van der Waals surface area (Å²) in [6.07, 6.45) is 4.99. The Morgan fingerprint density at radius 2 is 2.03 bits per heavy atom. The van der Waals surface area contributed by atoms with E-state index in [0.29, 0.717) is 25.5 Å². The first-order valence-electron chi connectivity index (χ1n) is 12.2. The Morgan fingerprint density at radius 3 is 2.86 bits per heavy atom. The van der Waals surface area contributed by atoms with Crippen molar-refractivity contribution in [2.24, 2.45) is 0 Å². The number of hydrogen-bond donors (Lipinski definition) is 1. The van der Waals surface area contributed by atoms with E-state index in [0.717, 1.165) is 66.3 Å². The number of anilines is 1. The Balaban J connectivity index is 1.22. The molecule has 0 atom stereocenters. The number of amides is 3. The van der Waals surface area contributed by atoms with E-state index >= 15 is 0 Å². The number of ether oxygens (including phenoxy) is 1. The van der Waals surface area contributed by atoms with Crippen LogP contribution in [-0.4, -0.2) is 78.1 Å². The Labute approximate surface area is 210 Å². The normalized spacial score (nSPS) is 16.4. The number of nitrogens with zero attached hydrogens (tertiary/aromatic N) is 4. The summed E-state index contributed by atoms with van der Waals surface area (Å²) in [5.74, 6) is 1.28. The second-order valence-electron chi connectivity index (χ2n) is 9.24. The van der Waals surface area contributed by atoms with Crippen molar-refractivity contribution in [2.75, 3.05) is 51.8 Å². The summed E-state index contributed by atoms with van der Waals surface area (Å²) in [5.41, 5.74) is 3.58. The Hall–Kier alpha value is -3.69. The predicted octanol–water partition coefficient (Wildman–Crippen LogP) is 3.49. The van der Waals surface area contributed by atoms with E-state index in [4.69, 9.17) is 9.15 Å². The molecule has 188 valence electrons. The maximum Gasteiger partial charge on any atom is 0.323 e. The maximum absolute atomic E-state index is 12.8. The summed E-state index contributed by atoms with van der Waals surface area (Å²) < 4.78 is 11.2. The average Bonchev–Trinajstić information content (AvgIpc) is 3.21. The number of rotatable bonds is 7. The van der Waals surface area contributed by atoms with Gasteiger partial charge in [-0.05, 0) is 30.7 Å². The molecule has 0 saturated carbocycles. The Bertz CT molecular complexity index is 1290. The van der Waals surface area contributed by atoms with Crippen LogP contribution in [0, 0.1) is 6.92 Å². The molecule has 1 fully saturated rings. The van der Waals surface area contributed by atoms with E-state index in [1.807, 2.05) is 37.3 Å². The zero-order chi connectivity index (χ0) is 25.1. The molecule has 9 heteroatoms. The topological polar surface area (TPSA) is 91.2 Å². The number of para-hydroxylation sites is 1. The Kier molecular flexibility index (Phi) is 7.02. The van der Waals surface area contributed by atoms with Crippen LogP contribution in [0.2, 0.25) is 0 Å². The van der Waals surface area contributed by atoms with Gasteiger partial charge in [0.25, 0.3) is 0 Å². The lowest BCUT2D eigenvalue weighted by atomic mass is 10.1. The quantitative estimate of drug-likeness (QED) is 0.511. The highest BCUT2D eigenvalue weighted by Crippen LogP contribution is 2.26. The lowest BCUT2D eigenvalue weighted by molar-refractivity contribution is -0.125. The zero-order valence-electron chi connectivity index (χ0n) is 20.7. The third-order valence-electron chi connectivity index (χ3n) is 6.74. The fraction of sp³-hybridized carbons (Fsp3) is 0.370. The lowest BCUT2D eigenvalue weighted by Gasteiger charge is -2.32. The molecule has 3 aromatic rings. The molecule has 2 aromatic heterocycles. The number of furan rings is 1. The number of benzene rings is 1. The number of morpholine rings is 1. The molecule has 2 aliphatic heterocycles. The van der Waals surface area contributed by atoms with Crippen LogP contribution in [0.5, 0.6) is 0 Å². The van der Waals surface area contributed by atoms with Crippen molar-refractivity contribution < 1.29 is 18.7 Å². The third kappa shape index (κ3) is 5.27. The molecule has 9 nitrogen and oxygen atoms in total. The van der Waals surface area contributed by atoms with Crippen molar-refractivity contribution in [1.82, 2.24) is 19.7 Å². The van der Waals surface area contributed by atoms with Gasteiger partial charge in [0.05, 0.1) is 19.8 Å². The zero-order valence-corrected chi connectivity index (χ0v) is 20.7. The highest BCUT2D eigenvalue weighted by molar-refractivity contribution is 5.93. The van der Waals surface area contributed by atoms with E-state index in [9.17, 15) is 9.59 Å². The molecule has 0 unspecified atom stereocenters. The molecule has 2 aliphatic rings. The number of carbonyl (C=O) groups is 2. The number of nitrogens with one attached hydrogen (secondary N) is 1. The van der Waals surface area contributed by atoms with Crippen LogP contribution in [0.25, 0.3) is 17.0 Å². The number of likely N-dealkylation sites (N-methyl/N-ethyl adjacent to an activating group) is 1. The van der Waals surface area contributed by atoms with E-state index in [2.05, 4.69) is 15.2 Å². The molecule has 5 rings (SSSR count). The van der Waals surface area contributed by atoms with Gasteiger partial charge in [-0.3, -0.25) is 15.0 Å². The largest absolute Gasteiger partial charge is 0.461 e. The van der Waals surface area contributed by atoms with Gasteiger partial charge < -0.3 is 19.0 Å². The average molecular weight is 490 g/mol. The second kappa shape index (κ2) is 10.5. The molecule has 1 saturated heterocycles. The van der Waals surface area contributed by atoms with Crippen molar-refractivity contribution in [3.63, 3.8) is 0 Å². The number of urea groups is 1. The van der Waals surface area contributed by atoms with Gasteiger partial charge in [-0.25, -0.2) is 9.78 Å². The molecule has 1 N–H and O–H groups in total. The molecule has 36 heavy (non-hydrogen) atoms. The summed E-state index contributed by atoms with van der Waals surface area (Å²) in [4.78, 5) is 35.5. The number of carbonyl (C=O) groups excluding carboxylic acids is 2. The first-order valence-corrected chi connectivity index (χ1v) is 12.2. The number of aromatic nitrogens is 1. The summed E-state index contributed by atoms with van der Waals surface area (Å²) >= 11 is 0. The first-order chi connectivity index (χ1) is 17.5. The highest BCUT2D eigenvalue weighted by Gasteiger charge is 2.24. The second-order valence-corrected chi connectivity index (χ2v) is 9.24. The van der Waals surface area contributed by atoms with E-state index < -0.39 is 0 Å². The summed E-state index contributed by atoms with van der Waals surface area (Å²) in [6.45, 7) is 7.57. The monoisotopic (exact) mass is 489 g/mol. The molecule has 0 bridgehead atoms. The van der Waals surface area contributed by atoms with Crippen LogP contribution < -0.4 is 5.32 Å². The molecular formula is C27H31N5O4. The lowest BCUT2D eigenvalue weighted by Crippen LogP contribution is -2.45. The SMILES string of the molecule is Cc1oc2ccccc2c1CN(C)C(=O)C=Cc1cnc2c(c1)CN(CCN1CCOCC1)C(=O)N2. The summed E-state index contributed by atoms with van der Waals surface area (Å²) in [7, 11) is 1.78. The molecule has 0 aliphatic carbocycles. The van der Waals surface area contributed by atoms with Crippen LogP contribution in [-0.2, 0) is 22.6 Å². The number of pyridine rings is 1. The standard InChI is InChI=1S/C27H31N5O4/c1-19-23(22-5-3-4-6-24(22)36-19)18-30(2)25(33)8-7-20-15-21-17-32(27(34)29-26(21)28-16-20)10-9-31-11-13-35-14-12-31/h3-8,15-16H,9-14,17-18H2,1-2H3,(H,28,29,34). The van der Waals surface area contributed by atoms with Crippen molar-refractivity contribution in [1.29, 1.82) is 0 Å². The van der Waals surface area contributed by atoms with Crippen LogP contribution in [0.4, 0.5) is 10.6 Å². The highest BCUT2D eigenvalue weighted by atomic mass is 16.5. The molecule has 0 spiro atoms. The van der Waals surface area contributed by atoms with Crippen molar-refractivity contribution in [3.8, 4) is 0 Å². The van der Waals surface area contributed by atoms with Gasteiger partial charge in [-0.15, -0.1) is 0 Å². The van der Waals surface area contributed by atoms with Gasteiger partial charge in [-0.1, -0.05) is 18.2 Å². The summed E-state index contributed by atoms with van der Waals surface area (Å²) in [5, 5.41) is 3.90. The third-order valence-corrected chi connectivity index (χ3v) is 6.74. The van der Waals surface area contributed by atoms with Gasteiger partial charge in [-0.2, -0.15) is 0 Å². The van der Waals surface area contributed by atoms with E-state index in [1.54, 1.807) is 35.2 Å². The molecule has 4 heterocycles.